The van der Waals surface area contributed by atoms with E-state index in [1.54, 1.807) is 35.9 Å². The molecule has 0 amide bonds. The Balaban J connectivity index is 2.08. The fraction of sp³-hybridized carbons (Fsp3) is 0.333. The molecule has 25 heavy (non-hydrogen) atoms. The molecule has 1 aliphatic carbocycles. The van der Waals surface area contributed by atoms with Gasteiger partial charge in [-0.15, -0.1) is 11.3 Å². The van der Waals surface area contributed by atoms with E-state index in [1.807, 2.05) is 0 Å². The van der Waals surface area contributed by atoms with Crippen molar-refractivity contribution >= 4 is 27.5 Å². The lowest BCUT2D eigenvalue weighted by atomic mass is 9.97. The number of aliphatic carboxylic acids is 1. The molecule has 1 N–H and O–H groups in total. The van der Waals surface area contributed by atoms with Crippen molar-refractivity contribution in [1.82, 2.24) is 14.5 Å². The minimum absolute atomic E-state index is 0.258. The van der Waals surface area contributed by atoms with Crippen molar-refractivity contribution in [3.05, 3.63) is 45.3 Å². The van der Waals surface area contributed by atoms with Gasteiger partial charge in [0.2, 0.25) is 0 Å². The number of aryl methyl sites for hydroxylation is 2. The standard InChI is InChI=1S/C18H17N3O3S/c1-10(18(23)24)21-15(11-6-8-19-9-7-11)20-16-14(17(21)22)12-4-2-3-5-13(12)25-16/h6-10H,2-5H2,1H3,(H,23,24). The third-order valence-electron chi connectivity index (χ3n) is 4.70. The minimum atomic E-state index is -1.05. The first-order chi connectivity index (χ1) is 12.1. The molecule has 1 aliphatic rings. The highest BCUT2D eigenvalue weighted by Gasteiger charge is 2.26. The van der Waals surface area contributed by atoms with Gasteiger partial charge in [-0.1, -0.05) is 0 Å². The first kappa shape index (κ1) is 16.0. The molecular formula is C18H17N3O3S. The van der Waals surface area contributed by atoms with Crippen LogP contribution in [0.5, 0.6) is 0 Å². The van der Waals surface area contributed by atoms with Crippen LogP contribution >= 0.6 is 11.3 Å². The molecule has 0 bridgehead atoms. The number of thiophene rings is 1. The van der Waals surface area contributed by atoms with Crippen molar-refractivity contribution in [2.75, 3.05) is 0 Å². The average molecular weight is 355 g/mol. The van der Waals surface area contributed by atoms with Crippen LogP contribution in [0.4, 0.5) is 0 Å². The number of carboxylic acid groups (broad SMARTS) is 1. The molecule has 3 heterocycles. The fourth-order valence-electron chi connectivity index (χ4n) is 3.39. The zero-order chi connectivity index (χ0) is 17.6. The normalized spacial score (nSPS) is 15.1. The Kier molecular flexibility index (Phi) is 3.88. The van der Waals surface area contributed by atoms with Gasteiger partial charge in [-0.05, 0) is 50.3 Å². The van der Waals surface area contributed by atoms with Gasteiger partial charge in [0.15, 0.2) is 0 Å². The van der Waals surface area contributed by atoms with Gasteiger partial charge in [0.1, 0.15) is 16.7 Å². The van der Waals surface area contributed by atoms with Gasteiger partial charge in [-0.25, -0.2) is 9.78 Å². The van der Waals surface area contributed by atoms with E-state index in [2.05, 4.69) is 4.98 Å². The number of pyridine rings is 1. The monoisotopic (exact) mass is 355 g/mol. The summed E-state index contributed by atoms with van der Waals surface area (Å²) in [7, 11) is 0. The third kappa shape index (κ3) is 2.55. The summed E-state index contributed by atoms with van der Waals surface area (Å²) >= 11 is 1.56. The van der Waals surface area contributed by atoms with Crippen LogP contribution < -0.4 is 5.56 Å². The molecule has 6 nitrogen and oxygen atoms in total. The predicted molar refractivity (Wildman–Crippen MR) is 96.1 cm³/mol. The van der Waals surface area contributed by atoms with Crippen LogP contribution in [0.3, 0.4) is 0 Å². The summed E-state index contributed by atoms with van der Waals surface area (Å²) in [5, 5.41) is 10.1. The molecule has 128 valence electrons. The summed E-state index contributed by atoms with van der Waals surface area (Å²) in [6, 6.07) is 2.49. The quantitative estimate of drug-likeness (QED) is 0.780. The molecule has 1 atom stereocenters. The van der Waals surface area contributed by atoms with Gasteiger partial charge in [0.25, 0.3) is 5.56 Å². The van der Waals surface area contributed by atoms with E-state index >= 15 is 0 Å². The summed E-state index contributed by atoms with van der Waals surface area (Å²) in [4.78, 5) is 35.5. The molecule has 7 heteroatoms. The van der Waals surface area contributed by atoms with Crippen LogP contribution in [0.1, 0.15) is 36.2 Å². The minimum Gasteiger partial charge on any atom is -0.480 e. The number of carboxylic acids is 1. The van der Waals surface area contributed by atoms with Crippen LogP contribution in [-0.2, 0) is 17.6 Å². The molecule has 0 aliphatic heterocycles. The number of aromatic nitrogens is 3. The van der Waals surface area contributed by atoms with Crippen molar-refractivity contribution in [3.63, 3.8) is 0 Å². The van der Waals surface area contributed by atoms with Crippen LogP contribution in [0.15, 0.2) is 29.3 Å². The van der Waals surface area contributed by atoms with Crippen molar-refractivity contribution in [3.8, 4) is 11.4 Å². The molecule has 4 rings (SSSR count). The highest BCUT2D eigenvalue weighted by atomic mass is 32.1. The van der Waals surface area contributed by atoms with Gasteiger partial charge in [0.05, 0.1) is 5.39 Å². The van der Waals surface area contributed by atoms with Crippen molar-refractivity contribution < 1.29 is 9.90 Å². The van der Waals surface area contributed by atoms with E-state index in [-0.39, 0.29) is 5.56 Å². The summed E-state index contributed by atoms with van der Waals surface area (Å²) in [5.41, 5.74) is 1.50. The molecule has 0 radical (unpaired) electrons. The van der Waals surface area contributed by atoms with E-state index in [0.29, 0.717) is 21.6 Å². The van der Waals surface area contributed by atoms with Gasteiger partial charge < -0.3 is 5.11 Å². The number of nitrogens with zero attached hydrogens (tertiary/aromatic N) is 3. The molecule has 0 saturated heterocycles. The van der Waals surface area contributed by atoms with Crippen LogP contribution in [-0.4, -0.2) is 25.6 Å². The van der Waals surface area contributed by atoms with E-state index in [0.717, 1.165) is 31.2 Å². The molecule has 3 aromatic heterocycles. The Labute approximate surface area is 147 Å². The largest absolute Gasteiger partial charge is 0.480 e. The van der Waals surface area contributed by atoms with Crippen LogP contribution in [0.25, 0.3) is 21.6 Å². The number of rotatable bonds is 3. The maximum Gasteiger partial charge on any atom is 0.326 e. The number of carbonyl (C=O) groups is 1. The fourth-order valence-corrected chi connectivity index (χ4v) is 4.64. The molecular weight excluding hydrogens is 338 g/mol. The van der Waals surface area contributed by atoms with Crippen LogP contribution in [0.2, 0.25) is 0 Å². The topological polar surface area (TPSA) is 85.1 Å². The molecule has 0 saturated carbocycles. The van der Waals surface area contributed by atoms with E-state index < -0.39 is 12.0 Å². The summed E-state index contributed by atoms with van der Waals surface area (Å²) in [5.74, 6) is -0.670. The van der Waals surface area contributed by atoms with E-state index in [1.165, 1.54) is 16.4 Å². The highest BCUT2D eigenvalue weighted by Crippen LogP contribution is 2.35. The number of fused-ring (bicyclic) bond motifs is 3. The second kappa shape index (κ2) is 6.07. The third-order valence-corrected chi connectivity index (χ3v) is 5.89. The Morgan fingerprint density at radius 2 is 2.00 bits per heavy atom. The van der Waals surface area contributed by atoms with Gasteiger partial charge in [0, 0.05) is 22.8 Å². The zero-order valence-electron chi connectivity index (χ0n) is 13.7. The molecule has 0 fully saturated rings. The maximum absolute atomic E-state index is 13.3. The average Bonchev–Trinajstić information content (AvgIpc) is 3.00. The predicted octanol–water partition coefficient (Wildman–Crippen LogP) is 3.04. The molecule has 0 spiro atoms. The van der Waals surface area contributed by atoms with Gasteiger partial charge >= 0.3 is 5.97 Å². The van der Waals surface area contributed by atoms with Gasteiger partial charge in [-0.2, -0.15) is 0 Å². The van der Waals surface area contributed by atoms with Crippen molar-refractivity contribution in [2.45, 2.75) is 38.6 Å². The number of hydrogen-bond acceptors (Lipinski definition) is 5. The van der Waals surface area contributed by atoms with Crippen molar-refractivity contribution in [1.29, 1.82) is 0 Å². The Morgan fingerprint density at radius 3 is 2.72 bits per heavy atom. The smallest absolute Gasteiger partial charge is 0.326 e. The lowest BCUT2D eigenvalue weighted by molar-refractivity contribution is -0.140. The molecule has 0 aromatic carbocycles. The second-order valence-corrected chi connectivity index (χ2v) is 7.34. The highest BCUT2D eigenvalue weighted by molar-refractivity contribution is 7.18. The maximum atomic E-state index is 13.3. The Morgan fingerprint density at radius 1 is 1.28 bits per heavy atom. The van der Waals surface area contributed by atoms with E-state index in [4.69, 9.17) is 4.98 Å². The second-order valence-electron chi connectivity index (χ2n) is 6.25. The number of hydrogen-bond donors (Lipinski definition) is 1. The van der Waals surface area contributed by atoms with Crippen LogP contribution in [0, 0.1) is 0 Å². The Bertz CT molecular complexity index is 1020. The zero-order valence-corrected chi connectivity index (χ0v) is 14.5. The summed E-state index contributed by atoms with van der Waals surface area (Å²) in [6.07, 6.45) is 7.23. The van der Waals surface area contributed by atoms with Gasteiger partial charge in [-0.3, -0.25) is 14.3 Å². The summed E-state index contributed by atoms with van der Waals surface area (Å²) in [6.45, 7) is 1.51. The first-order valence-electron chi connectivity index (χ1n) is 8.28. The van der Waals surface area contributed by atoms with Crippen molar-refractivity contribution in [2.24, 2.45) is 0 Å². The summed E-state index contributed by atoms with van der Waals surface area (Å²) < 4.78 is 1.31. The first-order valence-corrected chi connectivity index (χ1v) is 9.09. The van der Waals surface area contributed by atoms with E-state index in [9.17, 15) is 14.7 Å². The molecule has 3 aromatic rings. The lowest BCUT2D eigenvalue weighted by Gasteiger charge is -2.16. The Hall–Kier alpha value is -2.54. The molecule has 1 unspecified atom stereocenters. The lowest BCUT2D eigenvalue weighted by Crippen LogP contribution is -2.30. The SMILES string of the molecule is CC(C(=O)O)n1c(-c2ccncc2)nc2sc3c(c2c1=O)CCCC3.